The van der Waals surface area contributed by atoms with Gasteiger partial charge < -0.3 is 10.3 Å². The van der Waals surface area contributed by atoms with Crippen LogP contribution in [-0.2, 0) is 4.79 Å². The Hall–Kier alpha value is -3.94. The number of rotatable bonds is 5. The van der Waals surface area contributed by atoms with Crippen molar-refractivity contribution in [3.8, 4) is 33.9 Å². The number of amides is 1. The fourth-order valence-corrected chi connectivity index (χ4v) is 3.13. The molecule has 4 rings (SSSR count). The molecule has 2 aromatic heterocycles. The number of nitrogens with zero attached hydrogens (tertiary/aromatic N) is 2. The maximum atomic E-state index is 14.4. The summed E-state index contributed by atoms with van der Waals surface area (Å²) in [5.74, 6) is -1.86. The van der Waals surface area contributed by atoms with Gasteiger partial charge in [-0.1, -0.05) is 13.0 Å². The summed E-state index contributed by atoms with van der Waals surface area (Å²) < 4.78 is 42.2. The first-order valence-corrected chi connectivity index (χ1v) is 9.53. The van der Waals surface area contributed by atoms with Crippen LogP contribution in [0.3, 0.4) is 0 Å². The van der Waals surface area contributed by atoms with E-state index in [0.717, 1.165) is 12.1 Å². The predicted octanol–water partition coefficient (Wildman–Crippen LogP) is 5.57. The highest BCUT2D eigenvalue weighted by Crippen LogP contribution is 2.35. The summed E-state index contributed by atoms with van der Waals surface area (Å²) in [6.45, 7) is 1.72. The van der Waals surface area contributed by atoms with E-state index >= 15 is 0 Å². The second-order valence-corrected chi connectivity index (χ2v) is 6.74. The van der Waals surface area contributed by atoms with E-state index in [2.05, 4.69) is 20.3 Å². The van der Waals surface area contributed by atoms with Gasteiger partial charge in [0.1, 0.15) is 29.1 Å². The topological polar surface area (TPSA) is 70.7 Å². The first-order chi connectivity index (χ1) is 15.0. The maximum Gasteiger partial charge on any atom is 0.225 e. The molecule has 0 aliphatic carbocycles. The van der Waals surface area contributed by atoms with Crippen LogP contribution in [0, 0.1) is 17.5 Å². The number of hydrogen-bond donors (Lipinski definition) is 2. The van der Waals surface area contributed by atoms with Crippen LogP contribution in [0.15, 0.2) is 60.8 Å². The van der Waals surface area contributed by atoms with Gasteiger partial charge in [-0.15, -0.1) is 0 Å². The molecule has 0 bridgehead atoms. The lowest BCUT2D eigenvalue weighted by Crippen LogP contribution is -2.10. The van der Waals surface area contributed by atoms with Gasteiger partial charge in [-0.05, 0) is 48.5 Å². The van der Waals surface area contributed by atoms with E-state index in [1.165, 1.54) is 36.5 Å². The van der Waals surface area contributed by atoms with Crippen molar-refractivity contribution in [3.05, 3.63) is 78.2 Å². The summed E-state index contributed by atoms with van der Waals surface area (Å²) in [7, 11) is 0. The monoisotopic (exact) mass is 422 g/mol. The molecule has 0 radical (unpaired) electrons. The van der Waals surface area contributed by atoms with Gasteiger partial charge in [-0.3, -0.25) is 4.79 Å². The molecule has 0 spiro atoms. The quantitative estimate of drug-likeness (QED) is 0.442. The lowest BCUT2D eigenvalue weighted by Gasteiger charge is -2.06. The Labute approximate surface area is 176 Å². The molecule has 2 N–H and O–H groups in total. The lowest BCUT2D eigenvalue weighted by molar-refractivity contribution is -0.115. The van der Waals surface area contributed by atoms with Crippen molar-refractivity contribution >= 4 is 11.7 Å². The number of aromatic nitrogens is 3. The van der Waals surface area contributed by atoms with Crippen LogP contribution in [0.2, 0.25) is 0 Å². The fraction of sp³-hybridized carbons (Fsp3) is 0.0870. The molecule has 2 heterocycles. The third kappa shape index (κ3) is 4.18. The number of nitrogens with one attached hydrogen (secondary N) is 2. The molecule has 0 saturated carbocycles. The highest BCUT2D eigenvalue weighted by atomic mass is 19.1. The molecule has 0 saturated heterocycles. The highest BCUT2D eigenvalue weighted by molar-refractivity contribution is 5.90. The molecule has 0 aliphatic heterocycles. The average molecular weight is 422 g/mol. The van der Waals surface area contributed by atoms with Gasteiger partial charge in [0, 0.05) is 23.7 Å². The Morgan fingerprint density at radius 1 is 1.00 bits per heavy atom. The number of aromatic amines is 1. The van der Waals surface area contributed by atoms with E-state index in [1.54, 1.807) is 19.1 Å². The summed E-state index contributed by atoms with van der Waals surface area (Å²) in [5.41, 5.74) is 1.64. The number of H-pyrrole nitrogens is 1. The first kappa shape index (κ1) is 20.3. The van der Waals surface area contributed by atoms with Crippen LogP contribution in [0.4, 0.5) is 19.0 Å². The lowest BCUT2D eigenvalue weighted by atomic mass is 10.1. The van der Waals surface area contributed by atoms with Gasteiger partial charge in [0.05, 0.1) is 17.0 Å². The van der Waals surface area contributed by atoms with Crippen molar-refractivity contribution in [1.82, 2.24) is 15.0 Å². The molecule has 4 aromatic rings. The number of pyridine rings is 1. The predicted molar refractivity (Wildman–Crippen MR) is 111 cm³/mol. The van der Waals surface area contributed by atoms with E-state index < -0.39 is 17.5 Å². The third-order valence-electron chi connectivity index (χ3n) is 4.66. The van der Waals surface area contributed by atoms with Crippen molar-refractivity contribution in [2.75, 3.05) is 5.32 Å². The van der Waals surface area contributed by atoms with Crippen LogP contribution >= 0.6 is 0 Å². The number of halogens is 3. The van der Waals surface area contributed by atoms with Gasteiger partial charge in [0.15, 0.2) is 0 Å². The van der Waals surface area contributed by atoms with E-state index in [4.69, 9.17) is 0 Å². The number of imidazole rings is 1. The van der Waals surface area contributed by atoms with Crippen LogP contribution in [0.1, 0.15) is 13.3 Å². The van der Waals surface area contributed by atoms with Gasteiger partial charge in [0.2, 0.25) is 5.91 Å². The summed E-state index contributed by atoms with van der Waals surface area (Å²) in [6, 6.07) is 12.5. The molecule has 0 fully saturated rings. The fourth-order valence-electron chi connectivity index (χ4n) is 3.13. The average Bonchev–Trinajstić information content (AvgIpc) is 3.19. The number of carbonyl (C=O) groups excluding carboxylic acids is 1. The molecule has 0 atom stereocenters. The molecule has 2 aromatic carbocycles. The smallest absolute Gasteiger partial charge is 0.225 e. The highest BCUT2D eigenvalue weighted by Gasteiger charge is 2.20. The van der Waals surface area contributed by atoms with E-state index in [1.807, 2.05) is 0 Å². The minimum Gasteiger partial charge on any atom is -0.337 e. The van der Waals surface area contributed by atoms with E-state index in [0.29, 0.717) is 28.3 Å². The second-order valence-electron chi connectivity index (χ2n) is 6.74. The summed E-state index contributed by atoms with van der Waals surface area (Å²) in [5, 5.41) is 2.67. The Morgan fingerprint density at radius 3 is 2.39 bits per heavy atom. The van der Waals surface area contributed by atoms with Crippen molar-refractivity contribution in [1.29, 1.82) is 0 Å². The summed E-state index contributed by atoms with van der Waals surface area (Å²) in [6.07, 6.45) is 1.78. The largest absolute Gasteiger partial charge is 0.337 e. The zero-order valence-electron chi connectivity index (χ0n) is 16.4. The summed E-state index contributed by atoms with van der Waals surface area (Å²) in [4.78, 5) is 23.2. The molecule has 156 valence electrons. The number of hydrogen-bond acceptors (Lipinski definition) is 3. The molecule has 31 heavy (non-hydrogen) atoms. The van der Waals surface area contributed by atoms with E-state index in [9.17, 15) is 18.0 Å². The number of anilines is 1. The third-order valence-corrected chi connectivity index (χ3v) is 4.66. The van der Waals surface area contributed by atoms with Crippen molar-refractivity contribution in [3.63, 3.8) is 0 Å². The zero-order chi connectivity index (χ0) is 22.0. The molecule has 1 amide bonds. The van der Waals surface area contributed by atoms with Crippen LogP contribution in [0.5, 0.6) is 0 Å². The Balaban J connectivity index is 1.89. The molecule has 0 unspecified atom stereocenters. The molecular weight excluding hydrogens is 405 g/mol. The van der Waals surface area contributed by atoms with Gasteiger partial charge in [-0.25, -0.2) is 23.1 Å². The number of carbonyl (C=O) groups is 1. The standard InChI is InChI=1S/C23H17F3N4O/c1-2-19(31)28-18-12-14(10-11-27-18)22-21(13-6-8-15(24)9-7-13)29-23(30-22)20-16(25)4-3-5-17(20)26/h3-12H,2H2,1H3,(H,29,30)(H,27,28,31). The molecule has 8 heteroatoms. The number of benzene rings is 2. The van der Waals surface area contributed by atoms with Crippen molar-refractivity contribution in [2.24, 2.45) is 0 Å². The first-order valence-electron chi connectivity index (χ1n) is 9.53. The van der Waals surface area contributed by atoms with Crippen molar-refractivity contribution in [2.45, 2.75) is 13.3 Å². The van der Waals surface area contributed by atoms with Crippen LogP contribution in [-0.4, -0.2) is 20.9 Å². The van der Waals surface area contributed by atoms with E-state index in [-0.39, 0.29) is 23.7 Å². The second kappa shape index (κ2) is 8.43. The van der Waals surface area contributed by atoms with Crippen molar-refractivity contribution < 1.29 is 18.0 Å². The van der Waals surface area contributed by atoms with Gasteiger partial charge in [-0.2, -0.15) is 0 Å². The molecule has 5 nitrogen and oxygen atoms in total. The Bertz CT molecular complexity index is 1230. The summed E-state index contributed by atoms with van der Waals surface area (Å²) >= 11 is 0. The molecule has 0 aliphatic rings. The van der Waals surface area contributed by atoms with Crippen LogP contribution in [0.25, 0.3) is 33.9 Å². The van der Waals surface area contributed by atoms with Gasteiger partial charge in [0.25, 0.3) is 0 Å². The minimum atomic E-state index is -0.767. The van der Waals surface area contributed by atoms with Gasteiger partial charge >= 0.3 is 0 Å². The Morgan fingerprint density at radius 2 is 1.71 bits per heavy atom. The zero-order valence-corrected chi connectivity index (χ0v) is 16.4. The minimum absolute atomic E-state index is 0.0131. The normalized spacial score (nSPS) is 10.8. The Kier molecular flexibility index (Phi) is 5.53. The van der Waals surface area contributed by atoms with Crippen LogP contribution < -0.4 is 5.32 Å². The SMILES string of the molecule is CCC(=O)Nc1cc(-c2nc(-c3c(F)cccc3F)[nH]c2-c2ccc(F)cc2)ccn1. The maximum absolute atomic E-state index is 14.4. The molecular formula is C23H17F3N4O.